The third kappa shape index (κ3) is 6.80. The Kier molecular flexibility index (Phi) is 8.77. The molecule has 0 amide bonds. The topological polar surface area (TPSA) is 71.1 Å². The summed E-state index contributed by atoms with van der Waals surface area (Å²) in [6.45, 7) is 0.581. The van der Waals surface area contributed by atoms with Crippen molar-refractivity contribution in [1.82, 2.24) is 0 Å². The van der Waals surface area contributed by atoms with Crippen LogP contribution in [0.1, 0.15) is 43.0 Å². The molecule has 190 valence electrons. The van der Waals surface area contributed by atoms with Gasteiger partial charge in [-0.15, -0.1) is 0 Å². The number of methoxy groups -OCH3 is 2. The van der Waals surface area contributed by atoms with E-state index in [0.29, 0.717) is 47.0 Å². The van der Waals surface area contributed by atoms with Crippen LogP contribution in [0.2, 0.25) is 0 Å². The quantitative estimate of drug-likeness (QED) is 0.222. The van der Waals surface area contributed by atoms with E-state index in [9.17, 15) is 9.59 Å². The predicted octanol–water partition coefficient (Wildman–Crippen LogP) is 5.82. The normalized spacial score (nSPS) is 10.1. The molecular weight excluding hydrogens is 480 g/mol. The Hall–Kier alpha value is -5.02. The molecule has 0 saturated carbocycles. The van der Waals surface area contributed by atoms with E-state index < -0.39 is 11.9 Å². The molecule has 0 saturated heterocycles. The van der Waals surface area contributed by atoms with Crippen molar-refractivity contribution in [3.63, 3.8) is 0 Å². The summed E-state index contributed by atoms with van der Waals surface area (Å²) in [5, 5.41) is 0. The van der Waals surface area contributed by atoms with Crippen LogP contribution in [0.15, 0.2) is 97.1 Å². The minimum absolute atomic E-state index is 0.290. The van der Waals surface area contributed by atoms with Crippen molar-refractivity contribution in [3.8, 4) is 23.3 Å². The van der Waals surface area contributed by atoms with Gasteiger partial charge in [0.1, 0.15) is 35.8 Å². The zero-order valence-electron chi connectivity index (χ0n) is 21.1. The Morgan fingerprint density at radius 1 is 0.579 bits per heavy atom. The molecular formula is C32H26O6. The lowest BCUT2D eigenvalue weighted by atomic mass is 10.1. The van der Waals surface area contributed by atoms with Crippen molar-refractivity contribution < 1.29 is 28.5 Å². The first-order valence-corrected chi connectivity index (χ1v) is 11.9. The fraction of sp³-hybridized carbons (Fsp3) is 0.125. The number of benzene rings is 4. The Balaban J connectivity index is 1.59. The van der Waals surface area contributed by atoms with Gasteiger partial charge in [-0.3, -0.25) is 0 Å². The van der Waals surface area contributed by atoms with Crippen molar-refractivity contribution in [2.24, 2.45) is 0 Å². The maximum atomic E-state index is 12.3. The lowest BCUT2D eigenvalue weighted by molar-refractivity contribution is 0.0586. The molecule has 0 bridgehead atoms. The molecule has 4 aromatic carbocycles. The standard InChI is InChI=1S/C32H26O6/c1-35-31(33)27-17-15-23(19-29(27)37-21-25-9-5-3-6-10-25)13-14-24-16-18-28(32(34)36-2)30(20-24)38-22-26-11-7-4-8-12-26/h3-12,15-20H,21-22H2,1-2H3. The zero-order valence-corrected chi connectivity index (χ0v) is 21.1. The number of rotatable bonds is 8. The van der Waals surface area contributed by atoms with Gasteiger partial charge in [-0.2, -0.15) is 0 Å². The van der Waals surface area contributed by atoms with Gasteiger partial charge in [0.15, 0.2) is 0 Å². The Morgan fingerprint density at radius 3 is 1.34 bits per heavy atom. The van der Waals surface area contributed by atoms with Crippen LogP contribution in [0, 0.1) is 11.8 Å². The van der Waals surface area contributed by atoms with Crippen LogP contribution in [0.4, 0.5) is 0 Å². The molecule has 4 aromatic rings. The first-order valence-electron chi connectivity index (χ1n) is 11.9. The minimum Gasteiger partial charge on any atom is -0.488 e. The first kappa shape index (κ1) is 26.1. The van der Waals surface area contributed by atoms with E-state index in [1.54, 1.807) is 36.4 Å². The molecule has 0 unspecified atom stereocenters. The molecule has 0 N–H and O–H groups in total. The van der Waals surface area contributed by atoms with Crippen LogP contribution < -0.4 is 9.47 Å². The van der Waals surface area contributed by atoms with Crippen LogP contribution in [0.25, 0.3) is 0 Å². The van der Waals surface area contributed by atoms with Crippen molar-refractivity contribution in [2.75, 3.05) is 14.2 Å². The molecule has 0 atom stereocenters. The molecule has 0 spiro atoms. The largest absolute Gasteiger partial charge is 0.488 e. The molecule has 4 rings (SSSR count). The molecule has 0 aliphatic heterocycles. The second kappa shape index (κ2) is 12.8. The highest BCUT2D eigenvalue weighted by molar-refractivity contribution is 5.93. The molecule has 6 nitrogen and oxygen atoms in total. The molecule has 0 aliphatic rings. The van der Waals surface area contributed by atoms with Gasteiger partial charge in [0, 0.05) is 11.1 Å². The number of carbonyl (C=O) groups is 2. The van der Waals surface area contributed by atoms with Crippen LogP contribution in [-0.4, -0.2) is 26.2 Å². The summed E-state index contributed by atoms with van der Waals surface area (Å²) in [6.07, 6.45) is 0. The van der Waals surface area contributed by atoms with Crippen molar-refractivity contribution in [2.45, 2.75) is 13.2 Å². The van der Waals surface area contributed by atoms with E-state index in [-0.39, 0.29) is 0 Å². The number of esters is 2. The maximum absolute atomic E-state index is 12.3. The Morgan fingerprint density at radius 2 is 0.974 bits per heavy atom. The van der Waals surface area contributed by atoms with E-state index >= 15 is 0 Å². The highest BCUT2D eigenvalue weighted by Crippen LogP contribution is 2.24. The fourth-order valence-electron chi connectivity index (χ4n) is 3.61. The SMILES string of the molecule is COC(=O)c1ccc(C#Cc2ccc(C(=O)OC)c(OCc3ccccc3)c2)cc1OCc1ccccc1. The summed E-state index contributed by atoms with van der Waals surface area (Å²) in [5.74, 6) is 5.95. The second-order valence-electron chi connectivity index (χ2n) is 8.20. The number of hydrogen-bond donors (Lipinski definition) is 0. The van der Waals surface area contributed by atoms with Crippen LogP contribution in [0.5, 0.6) is 11.5 Å². The number of hydrogen-bond acceptors (Lipinski definition) is 6. The van der Waals surface area contributed by atoms with Crippen molar-refractivity contribution in [3.05, 3.63) is 130 Å². The predicted molar refractivity (Wildman–Crippen MR) is 143 cm³/mol. The summed E-state index contributed by atoms with van der Waals surface area (Å²) in [4.78, 5) is 24.5. The molecule has 0 aliphatic carbocycles. The monoisotopic (exact) mass is 506 g/mol. The minimum atomic E-state index is -0.494. The summed E-state index contributed by atoms with van der Waals surface area (Å²) >= 11 is 0. The highest BCUT2D eigenvalue weighted by atomic mass is 16.5. The summed E-state index contributed by atoms with van der Waals surface area (Å²) in [7, 11) is 2.65. The number of ether oxygens (including phenoxy) is 4. The van der Waals surface area contributed by atoms with Gasteiger partial charge in [0.2, 0.25) is 0 Å². The first-order chi connectivity index (χ1) is 18.6. The molecule has 0 fully saturated rings. The Bertz CT molecular complexity index is 1360. The van der Waals surface area contributed by atoms with E-state index in [1.807, 2.05) is 60.7 Å². The molecule has 6 heteroatoms. The smallest absolute Gasteiger partial charge is 0.341 e. The fourth-order valence-corrected chi connectivity index (χ4v) is 3.61. The van der Waals surface area contributed by atoms with Crippen molar-refractivity contribution in [1.29, 1.82) is 0 Å². The second-order valence-corrected chi connectivity index (χ2v) is 8.20. The zero-order chi connectivity index (χ0) is 26.7. The van der Waals surface area contributed by atoms with Gasteiger partial charge in [0.05, 0.1) is 14.2 Å². The molecule has 0 heterocycles. The van der Waals surface area contributed by atoms with E-state index in [1.165, 1.54) is 14.2 Å². The van der Waals surface area contributed by atoms with Gasteiger partial charge in [-0.25, -0.2) is 9.59 Å². The maximum Gasteiger partial charge on any atom is 0.341 e. The van der Waals surface area contributed by atoms with Gasteiger partial charge < -0.3 is 18.9 Å². The highest BCUT2D eigenvalue weighted by Gasteiger charge is 2.15. The summed E-state index contributed by atoms with van der Waals surface area (Å²) in [6, 6.07) is 29.4. The third-order valence-electron chi connectivity index (χ3n) is 5.60. The van der Waals surface area contributed by atoms with Gasteiger partial charge in [-0.1, -0.05) is 72.5 Å². The van der Waals surface area contributed by atoms with Crippen LogP contribution in [0.3, 0.4) is 0 Å². The summed E-state index contributed by atoms with van der Waals surface area (Å²) < 4.78 is 21.7. The lowest BCUT2D eigenvalue weighted by Gasteiger charge is -2.11. The van der Waals surface area contributed by atoms with Gasteiger partial charge in [-0.05, 0) is 47.5 Å². The van der Waals surface area contributed by atoms with Gasteiger partial charge in [0.25, 0.3) is 0 Å². The van der Waals surface area contributed by atoms with E-state index in [0.717, 1.165) is 11.1 Å². The lowest BCUT2D eigenvalue weighted by Crippen LogP contribution is -2.06. The van der Waals surface area contributed by atoms with Crippen LogP contribution >= 0.6 is 0 Å². The molecule has 38 heavy (non-hydrogen) atoms. The number of carbonyl (C=O) groups excluding carboxylic acids is 2. The molecule has 0 radical (unpaired) electrons. The summed E-state index contributed by atoms with van der Waals surface area (Å²) in [5.41, 5.74) is 3.84. The third-order valence-corrected chi connectivity index (χ3v) is 5.60. The van der Waals surface area contributed by atoms with Crippen LogP contribution in [-0.2, 0) is 22.7 Å². The Labute approximate surface area is 221 Å². The average molecular weight is 507 g/mol. The van der Waals surface area contributed by atoms with Gasteiger partial charge >= 0.3 is 11.9 Å². The van der Waals surface area contributed by atoms with Crippen molar-refractivity contribution >= 4 is 11.9 Å². The average Bonchev–Trinajstić information content (AvgIpc) is 2.98. The van der Waals surface area contributed by atoms with E-state index in [2.05, 4.69) is 11.8 Å². The molecule has 0 aromatic heterocycles. The van der Waals surface area contributed by atoms with E-state index in [4.69, 9.17) is 18.9 Å².